The van der Waals surface area contributed by atoms with Crippen molar-refractivity contribution in [2.75, 3.05) is 39.9 Å². The lowest BCUT2D eigenvalue weighted by Gasteiger charge is -2.34. The molecular weight excluding hydrogens is 296 g/mol. The Labute approximate surface area is 137 Å². The van der Waals surface area contributed by atoms with Gasteiger partial charge in [0, 0.05) is 13.1 Å². The molecule has 1 N–H and O–H groups in total. The molecule has 0 spiro atoms. The molecule has 1 aliphatic rings. The van der Waals surface area contributed by atoms with Gasteiger partial charge in [0.25, 0.3) is 0 Å². The van der Waals surface area contributed by atoms with Gasteiger partial charge in [-0.05, 0) is 26.0 Å². The fraction of sp³-hybridized carbons (Fsp3) is 0.588. The number of rotatable bonds is 7. The van der Waals surface area contributed by atoms with Crippen molar-refractivity contribution >= 4 is 5.91 Å². The zero-order valence-electron chi connectivity index (χ0n) is 14.1. The van der Waals surface area contributed by atoms with E-state index in [0.29, 0.717) is 31.2 Å². The number of benzene rings is 1. The number of morpholine rings is 1. The number of carbonyl (C=O) groups excluding carboxylic acids is 1. The van der Waals surface area contributed by atoms with Gasteiger partial charge in [-0.25, -0.2) is 0 Å². The van der Waals surface area contributed by atoms with Gasteiger partial charge in [0.15, 0.2) is 11.5 Å². The first-order valence-corrected chi connectivity index (χ1v) is 7.99. The van der Waals surface area contributed by atoms with E-state index in [-0.39, 0.29) is 18.1 Å². The Balaban J connectivity index is 1.67. The standard InChI is InChI=1S/C17H26N2O4/c1-13-10-19(11-14(2)23-13)12-17(20)18-8-9-22-16-7-5-4-6-15(16)21-3/h4-7,13-14H,8-12H2,1-3H3,(H,18,20)/t13-,14-/m1/s1. The summed E-state index contributed by atoms with van der Waals surface area (Å²) < 4.78 is 16.5. The Morgan fingerprint density at radius 3 is 2.57 bits per heavy atom. The van der Waals surface area contributed by atoms with E-state index >= 15 is 0 Å². The molecule has 0 unspecified atom stereocenters. The number of hydrogen-bond acceptors (Lipinski definition) is 5. The minimum Gasteiger partial charge on any atom is -0.493 e. The van der Waals surface area contributed by atoms with E-state index in [1.54, 1.807) is 7.11 Å². The van der Waals surface area contributed by atoms with Crippen molar-refractivity contribution in [1.29, 1.82) is 0 Å². The van der Waals surface area contributed by atoms with Crippen LogP contribution in [0.2, 0.25) is 0 Å². The highest BCUT2D eigenvalue weighted by Gasteiger charge is 2.23. The predicted octanol–water partition coefficient (Wildman–Crippen LogP) is 1.30. The third-order valence-electron chi connectivity index (χ3n) is 3.61. The number of methoxy groups -OCH3 is 1. The van der Waals surface area contributed by atoms with Crippen LogP contribution in [0.4, 0.5) is 0 Å². The molecule has 1 saturated heterocycles. The molecule has 1 aromatic carbocycles. The second-order valence-electron chi connectivity index (χ2n) is 5.80. The Morgan fingerprint density at radius 2 is 1.91 bits per heavy atom. The van der Waals surface area contributed by atoms with Gasteiger partial charge in [-0.15, -0.1) is 0 Å². The molecule has 6 heteroatoms. The molecule has 2 atom stereocenters. The van der Waals surface area contributed by atoms with Crippen LogP contribution in [-0.2, 0) is 9.53 Å². The first kappa shape index (κ1) is 17.6. The van der Waals surface area contributed by atoms with Crippen LogP contribution in [0.1, 0.15) is 13.8 Å². The van der Waals surface area contributed by atoms with Crippen LogP contribution in [0.5, 0.6) is 11.5 Å². The summed E-state index contributed by atoms with van der Waals surface area (Å²) in [6, 6.07) is 7.46. The summed E-state index contributed by atoms with van der Waals surface area (Å²) in [4.78, 5) is 14.1. The van der Waals surface area contributed by atoms with Crippen LogP contribution in [0, 0.1) is 0 Å². The summed E-state index contributed by atoms with van der Waals surface area (Å²) in [5.74, 6) is 1.38. The number of carbonyl (C=O) groups is 1. The average Bonchev–Trinajstić information content (AvgIpc) is 2.51. The summed E-state index contributed by atoms with van der Waals surface area (Å²) in [6.07, 6.45) is 0.334. The second kappa shape index (κ2) is 8.74. The summed E-state index contributed by atoms with van der Waals surface area (Å²) in [6.45, 7) is 6.90. The first-order chi connectivity index (χ1) is 11.1. The van der Waals surface area contributed by atoms with E-state index in [0.717, 1.165) is 13.1 Å². The Bertz CT molecular complexity index is 499. The SMILES string of the molecule is COc1ccccc1OCCNC(=O)CN1C[C@@H](C)O[C@H](C)C1. The van der Waals surface area contributed by atoms with E-state index in [1.807, 2.05) is 38.1 Å². The third-order valence-corrected chi connectivity index (χ3v) is 3.61. The van der Waals surface area contributed by atoms with Gasteiger partial charge in [-0.3, -0.25) is 9.69 Å². The quantitative estimate of drug-likeness (QED) is 0.767. The van der Waals surface area contributed by atoms with Crippen LogP contribution in [0.15, 0.2) is 24.3 Å². The maximum Gasteiger partial charge on any atom is 0.234 e. The van der Waals surface area contributed by atoms with Gasteiger partial charge in [0.1, 0.15) is 6.61 Å². The van der Waals surface area contributed by atoms with E-state index in [4.69, 9.17) is 14.2 Å². The monoisotopic (exact) mass is 322 g/mol. The van der Waals surface area contributed by atoms with E-state index < -0.39 is 0 Å². The van der Waals surface area contributed by atoms with Crippen molar-refractivity contribution in [3.63, 3.8) is 0 Å². The van der Waals surface area contributed by atoms with Crippen molar-refractivity contribution in [3.8, 4) is 11.5 Å². The van der Waals surface area contributed by atoms with Crippen LogP contribution in [-0.4, -0.2) is 62.9 Å². The van der Waals surface area contributed by atoms with Crippen LogP contribution < -0.4 is 14.8 Å². The van der Waals surface area contributed by atoms with Crippen molar-refractivity contribution in [2.24, 2.45) is 0 Å². The largest absolute Gasteiger partial charge is 0.493 e. The summed E-state index contributed by atoms with van der Waals surface area (Å²) in [7, 11) is 1.61. The van der Waals surface area contributed by atoms with Gasteiger partial charge in [0.2, 0.25) is 5.91 Å². The normalized spacial score (nSPS) is 21.7. The minimum absolute atomic E-state index is 0.00919. The lowest BCUT2D eigenvalue weighted by molar-refractivity contribution is -0.126. The molecule has 6 nitrogen and oxygen atoms in total. The predicted molar refractivity (Wildman–Crippen MR) is 87.9 cm³/mol. The summed E-state index contributed by atoms with van der Waals surface area (Å²) in [5.41, 5.74) is 0. The second-order valence-corrected chi connectivity index (χ2v) is 5.80. The molecule has 0 aliphatic carbocycles. The number of para-hydroxylation sites is 2. The van der Waals surface area contributed by atoms with Gasteiger partial charge in [-0.2, -0.15) is 0 Å². The molecule has 1 fully saturated rings. The van der Waals surface area contributed by atoms with Crippen molar-refractivity contribution in [2.45, 2.75) is 26.1 Å². The average molecular weight is 322 g/mol. The Morgan fingerprint density at radius 1 is 1.26 bits per heavy atom. The fourth-order valence-electron chi connectivity index (χ4n) is 2.76. The number of nitrogens with one attached hydrogen (secondary N) is 1. The number of ether oxygens (including phenoxy) is 3. The summed E-state index contributed by atoms with van der Waals surface area (Å²) >= 11 is 0. The number of hydrogen-bond donors (Lipinski definition) is 1. The topological polar surface area (TPSA) is 60.0 Å². The van der Waals surface area contributed by atoms with Gasteiger partial charge in [0.05, 0.1) is 32.4 Å². The minimum atomic E-state index is 0.00919. The van der Waals surface area contributed by atoms with Crippen molar-refractivity contribution in [1.82, 2.24) is 10.2 Å². The van der Waals surface area contributed by atoms with E-state index in [1.165, 1.54) is 0 Å². The van der Waals surface area contributed by atoms with Crippen molar-refractivity contribution in [3.05, 3.63) is 24.3 Å². The molecule has 0 bridgehead atoms. The highest BCUT2D eigenvalue weighted by Crippen LogP contribution is 2.25. The molecule has 0 aromatic heterocycles. The maximum atomic E-state index is 12.0. The fourth-order valence-corrected chi connectivity index (χ4v) is 2.76. The molecule has 1 aliphatic heterocycles. The van der Waals surface area contributed by atoms with Gasteiger partial charge >= 0.3 is 0 Å². The Kier molecular flexibility index (Phi) is 6.67. The third kappa shape index (κ3) is 5.73. The highest BCUT2D eigenvalue weighted by molar-refractivity contribution is 5.78. The smallest absolute Gasteiger partial charge is 0.234 e. The highest BCUT2D eigenvalue weighted by atomic mass is 16.5. The lowest BCUT2D eigenvalue weighted by Crippen LogP contribution is -2.49. The molecular formula is C17H26N2O4. The molecule has 1 aromatic rings. The molecule has 23 heavy (non-hydrogen) atoms. The van der Waals surface area contributed by atoms with Gasteiger partial charge < -0.3 is 19.5 Å². The zero-order chi connectivity index (χ0) is 16.7. The zero-order valence-corrected chi connectivity index (χ0v) is 14.1. The maximum absolute atomic E-state index is 12.0. The summed E-state index contributed by atoms with van der Waals surface area (Å²) in [5, 5.41) is 2.88. The van der Waals surface area contributed by atoms with Crippen LogP contribution >= 0.6 is 0 Å². The van der Waals surface area contributed by atoms with E-state index in [9.17, 15) is 4.79 Å². The molecule has 0 saturated carbocycles. The number of amides is 1. The van der Waals surface area contributed by atoms with Crippen LogP contribution in [0.25, 0.3) is 0 Å². The van der Waals surface area contributed by atoms with Crippen LogP contribution in [0.3, 0.4) is 0 Å². The molecule has 1 amide bonds. The molecule has 128 valence electrons. The van der Waals surface area contributed by atoms with Crippen molar-refractivity contribution < 1.29 is 19.0 Å². The molecule has 1 heterocycles. The number of nitrogens with zero attached hydrogens (tertiary/aromatic N) is 1. The molecule has 0 radical (unpaired) electrons. The van der Waals surface area contributed by atoms with E-state index in [2.05, 4.69) is 10.2 Å². The molecule has 2 rings (SSSR count). The lowest BCUT2D eigenvalue weighted by atomic mass is 10.2. The first-order valence-electron chi connectivity index (χ1n) is 7.99. The van der Waals surface area contributed by atoms with Gasteiger partial charge in [-0.1, -0.05) is 12.1 Å². The Hall–Kier alpha value is -1.79.